The van der Waals surface area contributed by atoms with Gasteiger partial charge in [0.05, 0.1) is 6.10 Å². The molecule has 0 aromatic heterocycles. The summed E-state index contributed by atoms with van der Waals surface area (Å²) in [5.74, 6) is -1.22. The molecule has 98 valence electrons. The maximum absolute atomic E-state index is 11.7. The summed E-state index contributed by atoms with van der Waals surface area (Å²) in [6, 6.07) is -1.83. The van der Waals surface area contributed by atoms with Crippen LogP contribution in [0.15, 0.2) is 0 Å². The number of nitrogens with one attached hydrogen (secondary N) is 1. The summed E-state index contributed by atoms with van der Waals surface area (Å²) in [4.78, 5) is 23.9. The molecule has 0 saturated carbocycles. The third kappa shape index (κ3) is 3.57. The van der Waals surface area contributed by atoms with E-state index in [1.54, 1.807) is 0 Å². The topological polar surface area (TPSA) is 110 Å². The monoisotopic (exact) mass is 246 g/mol. The second-order valence-electron chi connectivity index (χ2n) is 4.29. The molecule has 0 aliphatic carbocycles. The number of likely N-dealkylation sites (tertiary alicyclic amines) is 1. The van der Waals surface area contributed by atoms with Crippen molar-refractivity contribution in [1.82, 2.24) is 10.2 Å². The van der Waals surface area contributed by atoms with E-state index in [2.05, 4.69) is 5.32 Å². The predicted octanol–water partition coefficient (Wildman–Crippen LogP) is -1.16. The smallest absolute Gasteiger partial charge is 0.328 e. The molecule has 4 N–H and O–H groups in total. The maximum Gasteiger partial charge on any atom is 0.328 e. The highest BCUT2D eigenvalue weighted by atomic mass is 16.4. The van der Waals surface area contributed by atoms with Crippen LogP contribution < -0.4 is 5.32 Å². The zero-order valence-electron chi connectivity index (χ0n) is 9.67. The molecule has 0 aromatic rings. The Kier molecular flexibility index (Phi) is 4.71. The lowest BCUT2D eigenvalue weighted by molar-refractivity contribution is -0.141. The number of carbonyl (C=O) groups excluding carboxylic acids is 1. The number of aliphatic hydroxyl groups excluding tert-OH is 2. The molecular weight excluding hydrogens is 228 g/mol. The standard InChI is InChI=1S/C10H18N2O5/c1-6(14)8(9(15)16)11-10(17)12-3-2-7(4-12)5-13/h6-8,13-14H,2-5H2,1H3,(H,11,17)(H,15,16). The van der Waals surface area contributed by atoms with Crippen molar-refractivity contribution in [2.75, 3.05) is 19.7 Å². The fourth-order valence-electron chi connectivity index (χ4n) is 1.78. The largest absolute Gasteiger partial charge is 0.480 e. The van der Waals surface area contributed by atoms with Gasteiger partial charge < -0.3 is 25.5 Å². The molecule has 3 atom stereocenters. The maximum atomic E-state index is 11.7. The summed E-state index contributed by atoms with van der Waals surface area (Å²) in [5, 5.41) is 29.2. The lowest BCUT2D eigenvalue weighted by Crippen LogP contribution is -2.51. The number of rotatable bonds is 4. The van der Waals surface area contributed by atoms with Gasteiger partial charge in [0, 0.05) is 25.6 Å². The minimum atomic E-state index is -1.31. The number of carboxylic acid groups (broad SMARTS) is 1. The van der Waals surface area contributed by atoms with Crippen LogP contribution in [0.1, 0.15) is 13.3 Å². The van der Waals surface area contributed by atoms with Crippen molar-refractivity contribution in [3.05, 3.63) is 0 Å². The van der Waals surface area contributed by atoms with E-state index in [1.807, 2.05) is 0 Å². The minimum absolute atomic E-state index is 0.0164. The third-order valence-electron chi connectivity index (χ3n) is 2.86. The summed E-state index contributed by atoms with van der Waals surface area (Å²) in [7, 11) is 0. The second kappa shape index (κ2) is 5.83. The van der Waals surface area contributed by atoms with Crippen LogP contribution in [0.5, 0.6) is 0 Å². The molecular formula is C10H18N2O5. The van der Waals surface area contributed by atoms with Gasteiger partial charge in [-0.1, -0.05) is 0 Å². The molecule has 7 heteroatoms. The van der Waals surface area contributed by atoms with Crippen LogP contribution in [0.2, 0.25) is 0 Å². The number of aliphatic carboxylic acids is 1. The lowest BCUT2D eigenvalue weighted by atomic mass is 10.1. The van der Waals surface area contributed by atoms with Gasteiger partial charge in [0.2, 0.25) is 0 Å². The number of urea groups is 1. The normalized spacial score (nSPS) is 23.2. The van der Waals surface area contributed by atoms with Crippen LogP contribution in [-0.2, 0) is 4.79 Å². The highest BCUT2D eigenvalue weighted by molar-refractivity contribution is 5.83. The van der Waals surface area contributed by atoms with E-state index >= 15 is 0 Å². The van der Waals surface area contributed by atoms with Gasteiger partial charge in [0.15, 0.2) is 6.04 Å². The Morgan fingerprint density at radius 2 is 2.18 bits per heavy atom. The van der Waals surface area contributed by atoms with Crippen molar-refractivity contribution in [3.8, 4) is 0 Å². The fourth-order valence-corrected chi connectivity index (χ4v) is 1.78. The summed E-state index contributed by atoms with van der Waals surface area (Å²) < 4.78 is 0. The van der Waals surface area contributed by atoms with E-state index in [-0.39, 0.29) is 12.5 Å². The molecule has 1 aliphatic rings. The molecule has 0 aromatic carbocycles. The zero-order chi connectivity index (χ0) is 13.0. The first-order valence-corrected chi connectivity index (χ1v) is 5.53. The van der Waals surface area contributed by atoms with Crippen molar-refractivity contribution in [2.24, 2.45) is 5.92 Å². The summed E-state index contributed by atoms with van der Waals surface area (Å²) in [6.07, 6.45) is -0.455. The molecule has 0 spiro atoms. The van der Waals surface area contributed by atoms with Crippen LogP contribution in [0.4, 0.5) is 4.79 Å². The van der Waals surface area contributed by atoms with Crippen LogP contribution >= 0.6 is 0 Å². The molecule has 3 unspecified atom stereocenters. The van der Waals surface area contributed by atoms with Crippen molar-refractivity contribution >= 4 is 12.0 Å². The number of carboxylic acids is 1. The summed E-state index contributed by atoms with van der Waals surface area (Å²) >= 11 is 0. The number of aliphatic hydroxyl groups is 2. The Balaban J connectivity index is 2.51. The van der Waals surface area contributed by atoms with E-state index in [1.165, 1.54) is 11.8 Å². The number of nitrogens with zero attached hydrogens (tertiary/aromatic N) is 1. The molecule has 17 heavy (non-hydrogen) atoms. The predicted molar refractivity (Wildman–Crippen MR) is 58.4 cm³/mol. The van der Waals surface area contributed by atoms with Crippen LogP contribution in [0, 0.1) is 5.92 Å². The van der Waals surface area contributed by atoms with Gasteiger partial charge in [-0.3, -0.25) is 0 Å². The Bertz CT molecular complexity index is 294. The highest BCUT2D eigenvalue weighted by Crippen LogP contribution is 2.15. The number of carbonyl (C=O) groups is 2. The first-order chi connectivity index (χ1) is 7.95. The van der Waals surface area contributed by atoms with Gasteiger partial charge in [0.25, 0.3) is 0 Å². The van der Waals surface area contributed by atoms with E-state index < -0.39 is 24.1 Å². The van der Waals surface area contributed by atoms with E-state index in [0.717, 1.165) is 0 Å². The summed E-state index contributed by atoms with van der Waals surface area (Å²) in [5.41, 5.74) is 0. The molecule has 1 rings (SSSR count). The first-order valence-electron chi connectivity index (χ1n) is 5.53. The van der Waals surface area contributed by atoms with Gasteiger partial charge >= 0.3 is 12.0 Å². The van der Waals surface area contributed by atoms with Crippen LogP contribution in [0.3, 0.4) is 0 Å². The molecule has 1 heterocycles. The zero-order valence-corrected chi connectivity index (χ0v) is 9.67. The first kappa shape index (κ1) is 13.7. The Morgan fingerprint density at radius 1 is 1.53 bits per heavy atom. The Morgan fingerprint density at radius 3 is 2.59 bits per heavy atom. The second-order valence-corrected chi connectivity index (χ2v) is 4.29. The quantitative estimate of drug-likeness (QED) is 0.500. The van der Waals surface area contributed by atoms with Crippen LogP contribution in [0.25, 0.3) is 0 Å². The van der Waals surface area contributed by atoms with Gasteiger partial charge in [-0.25, -0.2) is 9.59 Å². The van der Waals surface area contributed by atoms with E-state index in [4.69, 9.17) is 10.2 Å². The molecule has 2 amide bonds. The van der Waals surface area contributed by atoms with Gasteiger partial charge in [-0.05, 0) is 13.3 Å². The van der Waals surface area contributed by atoms with Crippen molar-refractivity contribution in [3.63, 3.8) is 0 Å². The summed E-state index contributed by atoms with van der Waals surface area (Å²) in [6.45, 7) is 2.22. The van der Waals surface area contributed by atoms with Crippen molar-refractivity contribution < 1.29 is 24.9 Å². The Hall–Kier alpha value is -1.34. The number of hydrogen-bond acceptors (Lipinski definition) is 4. The van der Waals surface area contributed by atoms with Gasteiger partial charge in [-0.2, -0.15) is 0 Å². The molecule has 0 radical (unpaired) electrons. The lowest BCUT2D eigenvalue weighted by Gasteiger charge is -2.22. The Labute approximate surface area is 99.0 Å². The van der Waals surface area contributed by atoms with Gasteiger partial charge in [0.1, 0.15) is 0 Å². The van der Waals surface area contributed by atoms with Crippen molar-refractivity contribution in [1.29, 1.82) is 0 Å². The SMILES string of the molecule is CC(O)C(NC(=O)N1CCC(CO)C1)C(=O)O. The molecule has 1 fully saturated rings. The van der Waals surface area contributed by atoms with Gasteiger partial charge in [-0.15, -0.1) is 0 Å². The number of hydrogen-bond donors (Lipinski definition) is 4. The molecule has 1 saturated heterocycles. The van der Waals surface area contributed by atoms with Crippen molar-refractivity contribution in [2.45, 2.75) is 25.5 Å². The van der Waals surface area contributed by atoms with E-state index in [9.17, 15) is 14.7 Å². The third-order valence-corrected chi connectivity index (χ3v) is 2.86. The molecule has 1 aliphatic heterocycles. The average molecular weight is 246 g/mol. The minimum Gasteiger partial charge on any atom is -0.480 e. The molecule has 7 nitrogen and oxygen atoms in total. The highest BCUT2D eigenvalue weighted by Gasteiger charge is 2.30. The fraction of sp³-hybridized carbons (Fsp3) is 0.800. The van der Waals surface area contributed by atoms with E-state index in [0.29, 0.717) is 19.5 Å². The van der Waals surface area contributed by atoms with Crippen LogP contribution in [-0.4, -0.2) is 64.1 Å². The number of amides is 2. The molecule has 0 bridgehead atoms. The average Bonchev–Trinajstić information content (AvgIpc) is 2.73.